The van der Waals surface area contributed by atoms with Crippen molar-refractivity contribution in [3.8, 4) is 18.0 Å². The second kappa shape index (κ2) is 6.45. The second-order valence-electron chi connectivity index (χ2n) is 5.33. The zero-order chi connectivity index (χ0) is 18.8. The molecule has 1 unspecified atom stereocenters. The minimum absolute atomic E-state index is 0.00538. The molecule has 0 radical (unpaired) electrons. The van der Waals surface area contributed by atoms with Crippen LogP contribution in [0.1, 0.15) is 22.7 Å². The highest BCUT2D eigenvalue weighted by atomic mass is 19.1. The number of anilines is 3. The summed E-state index contributed by atoms with van der Waals surface area (Å²) in [7, 11) is 1.41. The SMILES string of the molecule is COc1cc(F)cc(C2N=C(NC#N)Nc3nc(N)c(C#N)c(N)c32)c1. The van der Waals surface area contributed by atoms with E-state index in [0.29, 0.717) is 11.1 Å². The Morgan fingerprint density at radius 2 is 2.08 bits per heavy atom. The van der Waals surface area contributed by atoms with Crippen molar-refractivity contribution in [2.24, 2.45) is 4.99 Å². The molecule has 3 rings (SSSR count). The lowest BCUT2D eigenvalue weighted by atomic mass is 9.95. The Bertz CT molecular complexity index is 1000. The molecule has 0 fully saturated rings. The first-order chi connectivity index (χ1) is 12.5. The number of methoxy groups -OCH3 is 1. The molecule has 2 aromatic rings. The van der Waals surface area contributed by atoms with Crippen molar-refractivity contribution in [3.63, 3.8) is 0 Å². The summed E-state index contributed by atoms with van der Waals surface area (Å²) in [6.45, 7) is 0. The number of pyridine rings is 1. The molecule has 1 aromatic heterocycles. The summed E-state index contributed by atoms with van der Waals surface area (Å²) in [5.41, 5.74) is 12.7. The zero-order valence-electron chi connectivity index (χ0n) is 13.5. The Balaban J connectivity index is 2.27. The molecule has 1 aliphatic heterocycles. The number of guanidine groups is 1. The number of rotatable bonds is 2. The molecule has 0 saturated carbocycles. The van der Waals surface area contributed by atoms with Crippen molar-refractivity contribution in [2.45, 2.75) is 6.04 Å². The van der Waals surface area contributed by atoms with Gasteiger partial charge in [-0.2, -0.15) is 10.5 Å². The molecule has 130 valence electrons. The molecule has 1 aromatic carbocycles. The number of nitrogens with one attached hydrogen (secondary N) is 2. The van der Waals surface area contributed by atoms with E-state index in [9.17, 15) is 9.65 Å². The smallest absolute Gasteiger partial charge is 0.211 e. The highest BCUT2D eigenvalue weighted by molar-refractivity contribution is 5.98. The van der Waals surface area contributed by atoms with Crippen molar-refractivity contribution in [2.75, 3.05) is 23.9 Å². The molecule has 6 N–H and O–H groups in total. The third-order valence-corrected chi connectivity index (χ3v) is 3.80. The Labute approximate surface area is 147 Å². The molecule has 0 saturated heterocycles. The van der Waals surface area contributed by atoms with Gasteiger partial charge in [-0.3, -0.25) is 5.32 Å². The fraction of sp³-hybridized carbons (Fsp3) is 0.125. The summed E-state index contributed by atoms with van der Waals surface area (Å²) in [4.78, 5) is 8.47. The van der Waals surface area contributed by atoms with Gasteiger partial charge >= 0.3 is 0 Å². The lowest BCUT2D eigenvalue weighted by Gasteiger charge is -2.26. The van der Waals surface area contributed by atoms with Crippen molar-refractivity contribution in [1.29, 1.82) is 10.5 Å². The van der Waals surface area contributed by atoms with Gasteiger partial charge in [-0.05, 0) is 17.7 Å². The van der Waals surface area contributed by atoms with Gasteiger partial charge in [-0.25, -0.2) is 14.4 Å². The molecular weight excluding hydrogens is 339 g/mol. The van der Waals surface area contributed by atoms with E-state index in [2.05, 4.69) is 20.6 Å². The normalized spacial score (nSPS) is 14.9. The maximum Gasteiger partial charge on any atom is 0.211 e. The molecule has 0 spiro atoms. The summed E-state index contributed by atoms with van der Waals surface area (Å²) in [6, 6.07) is 5.13. The van der Waals surface area contributed by atoms with Crippen LogP contribution >= 0.6 is 0 Å². The van der Waals surface area contributed by atoms with E-state index in [-0.39, 0.29) is 34.6 Å². The number of fused-ring (bicyclic) bond motifs is 1. The molecule has 0 bridgehead atoms. The summed E-state index contributed by atoms with van der Waals surface area (Å²) in [5.74, 6) is -0.00583. The van der Waals surface area contributed by atoms with Gasteiger partial charge in [0.1, 0.15) is 40.9 Å². The van der Waals surface area contributed by atoms with Crippen LogP contribution in [-0.2, 0) is 0 Å². The van der Waals surface area contributed by atoms with E-state index in [1.165, 1.54) is 19.2 Å². The fourth-order valence-electron chi connectivity index (χ4n) is 2.68. The number of aliphatic imine (C=N–C) groups is 1. The highest BCUT2D eigenvalue weighted by Crippen LogP contribution is 2.41. The Morgan fingerprint density at radius 1 is 1.31 bits per heavy atom. The van der Waals surface area contributed by atoms with Gasteiger partial charge in [-0.15, -0.1) is 0 Å². The fourth-order valence-corrected chi connectivity index (χ4v) is 2.68. The predicted molar refractivity (Wildman–Crippen MR) is 92.4 cm³/mol. The summed E-state index contributed by atoms with van der Waals surface area (Å²) in [6.07, 6.45) is 1.74. The van der Waals surface area contributed by atoms with Crippen molar-refractivity contribution < 1.29 is 9.13 Å². The molecule has 2 heterocycles. The average molecular weight is 352 g/mol. The lowest BCUT2D eigenvalue weighted by molar-refractivity contribution is 0.410. The first-order valence-electron chi connectivity index (χ1n) is 7.31. The van der Waals surface area contributed by atoms with E-state index in [0.717, 1.165) is 0 Å². The number of aromatic nitrogens is 1. The van der Waals surface area contributed by atoms with Crippen LogP contribution < -0.4 is 26.8 Å². The topological polar surface area (TPSA) is 158 Å². The van der Waals surface area contributed by atoms with Crippen LogP contribution in [0.15, 0.2) is 23.2 Å². The minimum Gasteiger partial charge on any atom is -0.497 e. The summed E-state index contributed by atoms with van der Waals surface area (Å²) < 4.78 is 19.1. The first-order valence-corrected chi connectivity index (χ1v) is 7.31. The zero-order valence-corrected chi connectivity index (χ0v) is 13.5. The van der Waals surface area contributed by atoms with Gasteiger partial charge in [-0.1, -0.05) is 0 Å². The highest BCUT2D eigenvalue weighted by Gasteiger charge is 2.30. The number of nitrogens with zero attached hydrogens (tertiary/aromatic N) is 4. The Morgan fingerprint density at radius 3 is 2.73 bits per heavy atom. The number of nitriles is 2. The van der Waals surface area contributed by atoms with Gasteiger partial charge < -0.3 is 21.5 Å². The van der Waals surface area contributed by atoms with Crippen molar-refractivity contribution in [3.05, 3.63) is 40.7 Å². The number of halogens is 1. The van der Waals surface area contributed by atoms with Crippen LogP contribution in [0.4, 0.5) is 21.7 Å². The van der Waals surface area contributed by atoms with Crippen LogP contribution in [0.3, 0.4) is 0 Å². The molecule has 1 atom stereocenters. The van der Waals surface area contributed by atoms with Crippen molar-refractivity contribution >= 4 is 23.3 Å². The molecular formula is C16H13FN8O. The van der Waals surface area contributed by atoms with Crippen LogP contribution in [-0.4, -0.2) is 18.1 Å². The summed E-state index contributed by atoms with van der Waals surface area (Å²) >= 11 is 0. The van der Waals surface area contributed by atoms with Gasteiger partial charge in [0.15, 0.2) is 6.19 Å². The van der Waals surface area contributed by atoms with E-state index < -0.39 is 11.9 Å². The number of nitrogen functional groups attached to an aromatic ring is 2. The second-order valence-corrected chi connectivity index (χ2v) is 5.33. The molecule has 26 heavy (non-hydrogen) atoms. The average Bonchev–Trinajstić information content (AvgIpc) is 2.60. The maximum atomic E-state index is 14.0. The molecule has 1 aliphatic rings. The predicted octanol–water partition coefficient (Wildman–Crippen LogP) is 1.21. The number of ether oxygens (including phenoxy) is 1. The Kier molecular flexibility index (Phi) is 4.17. The number of nitrogens with two attached hydrogens (primary N) is 2. The molecule has 0 aliphatic carbocycles. The van der Waals surface area contributed by atoms with E-state index in [4.69, 9.17) is 21.5 Å². The largest absolute Gasteiger partial charge is 0.497 e. The van der Waals surface area contributed by atoms with Crippen LogP contribution in [0.2, 0.25) is 0 Å². The standard InChI is InChI=1S/C16H13FN8O/c1-26-9-3-7(2-8(17)4-9)13-11-12(20)10(5-18)14(21)24-15(11)25-16(23-13)22-6-19/h2-4,13H,1H3,(H6,20,21,22,23,24,25). The van der Waals surface area contributed by atoms with E-state index in [1.54, 1.807) is 12.3 Å². The van der Waals surface area contributed by atoms with Gasteiger partial charge in [0.05, 0.1) is 12.8 Å². The van der Waals surface area contributed by atoms with Crippen LogP contribution in [0, 0.1) is 28.6 Å². The van der Waals surface area contributed by atoms with E-state index in [1.807, 2.05) is 6.07 Å². The minimum atomic E-state index is -0.827. The van der Waals surface area contributed by atoms with Gasteiger partial charge in [0.2, 0.25) is 5.96 Å². The monoisotopic (exact) mass is 352 g/mol. The van der Waals surface area contributed by atoms with Gasteiger partial charge in [0.25, 0.3) is 0 Å². The first kappa shape index (κ1) is 16.8. The maximum absolute atomic E-state index is 14.0. The quantitative estimate of drug-likeness (QED) is 0.463. The number of hydrogen-bond acceptors (Lipinski definition) is 9. The molecule has 10 heteroatoms. The third kappa shape index (κ3) is 2.76. The lowest BCUT2D eigenvalue weighted by Crippen LogP contribution is -2.32. The Hall–Kier alpha value is -4.05. The number of hydrogen-bond donors (Lipinski definition) is 4. The van der Waals surface area contributed by atoms with Gasteiger partial charge in [0, 0.05) is 11.6 Å². The molecule has 0 amide bonds. The molecule has 9 nitrogen and oxygen atoms in total. The van der Waals surface area contributed by atoms with Crippen LogP contribution in [0.5, 0.6) is 5.75 Å². The third-order valence-electron chi connectivity index (χ3n) is 3.80. The van der Waals surface area contributed by atoms with Crippen molar-refractivity contribution in [1.82, 2.24) is 10.3 Å². The number of benzene rings is 1. The van der Waals surface area contributed by atoms with Crippen LogP contribution in [0.25, 0.3) is 0 Å². The summed E-state index contributed by atoms with van der Waals surface area (Å²) in [5, 5.41) is 23.3. The van der Waals surface area contributed by atoms with E-state index >= 15 is 0 Å².